The van der Waals surface area contributed by atoms with Crippen LogP contribution in [0.3, 0.4) is 0 Å². The SMILES string of the molecule is C=C(C(=O)OC(C)(C)C)c1ccc(-c2nnc(N)s2)c(C)c1. The Morgan fingerprint density at radius 1 is 1.32 bits per heavy atom. The van der Waals surface area contributed by atoms with Crippen LogP contribution >= 0.6 is 11.3 Å². The number of nitrogen functional groups attached to an aromatic ring is 1. The molecule has 0 amide bonds. The molecule has 0 saturated heterocycles. The number of benzene rings is 1. The minimum absolute atomic E-state index is 0.335. The molecule has 5 nitrogen and oxygen atoms in total. The van der Waals surface area contributed by atoms with E-state index in [4.69, 9.17) is 10.5 Å². The highest BCUT2D eigenvalue weighted by molar-refractivity contribution is 7.18. The van der Waals surface area contributed by atoms with Crippen LogP contribution in [0.15, 0.2) is 24.8 Å². The van der Waals surface area contributed by atoms with E-state index in [-0.39, 0.29) is 0 Å². The van der Waals surface area contributed by atoms with Crippen molar-refractivity contribution in [2.24, 2.45) is 0 Å². The van der Waals surface area contributed by atoms with Crippen molar-refractivity contribution >= 4 is 28.0 Å². The minimum Gasteiger partial charge on any atom is -0.456 e. The van der Waals surface area contributed by atoms with Crippen LogP contribution in [0, 0.1) is 6.92 Å². The van der Waals surface area contributed by atoms with E-state index in [9.17, 15) is 4.79 Å². The Balaban J connectivity index is 2.26. The number of carbonyl (C=O) groups is 1. The van der Waals surface area contributed by atoms with Gasteiger partial charge >= 0.3 is 5.97 Å². The van der Waals surface area contributed by atoms with Gasteiger partial charge in [-0.3, -0.25) is 0 Å². The number of aryl methyl sites for hydroxylation is 1. The second-order valence-electron chi connectivity index (χ2n) is 5.96. The first kappa shape index (κ1) is 16.2. The molecule has 0 atom stereocenters. The number of hydrogen-bond acceptors (Lipinski definition) is 6. The maximum atomic E-state index is 12.1. The lowest BCUT2D eigenvalue weighted by Gasteiger charge is -2.20. The highest BCUT2D eigenvalue weighted by Gasteiger charge is 2.20. The maximum Gasteiger partial charge on any atom is 0.338 e. The number of anilines is 1. The quantitative estimate of drug-likeness (QED) is 0.693. The second-order valence-corrected chi connectivity index (χ2v) is 6.96. The molecule has 0 aliphatic carbocycles. The van der Waals surface area contributed by atoms with Crippen molar-refractivity contribution in [3.63, 3.8) is 0 Å². The van der Waals surface area contributed by atoms with Gasteiger partial charge in [-0.15, -0.1) is 10.2 Å². The van der Waals surface area contributed by atoms with Crippen LogP contribution < -0.4 is 5.73 Å². The largest absolute Gasteiger partial charge is 0.456 e. The smallest absolute Gasteiger partial charge is 0.338 e. The zero-order valence-corrected chi connectivity index (χ0v) is 14.0. The van der Waals surface area contributed by atoms with Gasteiger partial charge in [0.1, 0.15) is 10.6 Å². The molecule has 6 heteroatoms. The van der Waals surface area contributed by atoms with E-state index in [2.05, 4.69) is 16.8 Å². The van der Waals surface area contributed by atoms with E-state index in [1.807, 2.05) is 45.9 Å². The molecule has 2 aromatic rings. The van der Waals surface area contributed by atoms with E-state index in [1.165, 1.54) is 11.3 Å². The molecule has 0 fully saturated rings. The molecule has 0 bridgehead atoms. The molecule has 116 valence electrons. The minimum atomic E-state index is -0.543. The number of carbonyl (C=O) groups excluding carboxylic acids is 1. The van der Waals surface area contributed by atoms with Gasteiger partial charge in [0.2, 0.25) is 5.13 Å². The molecular formula is C16H19N3O2S. The van der Waals surface area contributed by atoms with Crippen LogP contribution in [0.2, 0.25) is 0 Å². The number of esters is 1. The molecule has 2 N–H and O–H groups in total. The molecule has 0 spiro atoms. The molecule has 0 unspecified atom stereocenters. The van der Waals surface area contributed by atoms with E-state index in [0.29, 0.717) is 10.7 Å². The number of hydrogen-bond donors (Lipinski definition) is 1. The standard InChI is InChI=1S/C16H19N3O2S/c1-9-8-11(10(2)14(20)21-16(3,4)5)6-7-12(9)13-18-19-15(17)22-13/h6-8H,2H2,1,3-5H3,(H2,17,19). The Morgan fingerprint density at radius 2 is 2.00 bits per heavy atom. The zero-order chi connectivity index (χ0) is 16.5. The summed E-state index contributed by atoms with van der Waals surface area (Å²) in [5.41, 5.74) is 8.04. The van der Waals surface area contributed by atoms with Crippen molar-refractivity contribution in [2.75, 3.05) is 5.73 Å². The Bertz CT molecular complexity index is 729. The molecule has 1 aromatic heterocycles. The fourth-order valence-electron chi connectivity index (χ4n) is 1.89. The van der Waals surface area contributed by atoms with Gasteiger partial charge in [0.15, 0.2) is 0 Å². The average molecular weight is 317 g/mol. The van der Waals surface area contributed by atoms with Crippen molar-refractivity contribution in [3.8, 4) is 10.6 Å². The molecular weight excluding hydrogens is 298 g/mol. The molecule has 0 aliphatic rings. The van der Waals surface area contributed by atoms with Crippen molar-refractivity contribution in [2.45, 2.75) is 33.3 Å². The predicted molar refractivity (Wildman–Crippen MR) is 89.4 cm³/mol. The van der Waals surface area contributed by atoms with Crippen molar-refractivity contribution in [3.05, 3.63) is 35.9 Å². The Morgan fingerprint density at radius 3 is 2.50 bits per heavy atom. The summed E-state index contributed by atoms with van der Waals surface area (Å²) in [4.78, 5) is 12.1. The van der Waals surface area contributed by atoms with Gasteiger partial charge in [0.05, 0.1) is 5.57 Å². The van der Waals surface area contributed by atoms with E-state index in [1.54, 1.807) is 0 Å². The molecule has 0 aliphatic heterocycles. The molecule has 2 rings (SSSR count). The first-order valence-electron chi connectivity index (χ1n) is 6.80. The van der Waals surface area contributed by atoms with Gasteiger partial charge in [0.25, 0.3) is 0 Å². The number of nitrogens with zero attached hydrogens (tertiary/aromatic N) is 2. The Kier molecular flexibility index (Phi) is 4.32. The third-order valence-corrected chi connectivity index (χ3v) is 3.68. The van der Waals surface area contributed by atoms with Crippen LogP contribution in [-0.2, 0) is 9.53 Å². The zero-order valence-electron chi connectivity index (χ0n) is 13.1. The van der Waals surface area contributed by atoms with Crippen molar-refractivity contribution < 1.29 is 9.53 Å². The van der Waals surface area contributed by atoms with E-state index >= 15 is 0 Å². The summed E-state index contributed by atoms with van der Waals surface area (Å²) in [6.07, 6.45) is 0. The number of ether oxygens (including phenoxy) is 1. The van der Waals surface area contributed by atoms with Gasteiger partial charge in [-0.05, 0) is 38.8 Å². The summed E-state index contributed by atoms with van der Waals surface area (Å²) in [5.74, 6) is -0.417. The molecule has 1 aromatic carbocycles. The van der Waals surface area contributed by atoms with E-state index < -0.39 is 11.6 Å². The molecule has 0 saturated carbocycles. The van der Waals surface area contributed by atoms with E-state index in [0.717, 1.165) is 21.7 Å². The summed E-state index contributed by atoms with van der Waals surface area (Å²) in [6, 6.07) is 5.60. The van der Waals surface area contributed by atoms with Crippen molar-refractivity contribution in [1.82, 2.24) is 10.2 Å². The van der Waals surface area contributed by atoms with Crippen molar-refractivity contribution in [1.29, 1.82) is 0 Å². The van der Waals surface area contributed by atoms with Gasteiger partial charge in [0, 0.05) is 5.56 Å². The number of nitrogens with two attached hydrogens (primary N) is 1. The molecule has 0 radical (unpaired) electrons. The van der Waals surface area contributed by atoms with Crippen LogP contribution in [0.4, 0.5) is 5.13 Å². The first-order valence-corrected chi connectivity index (χ1v) is 7.61. The van der Waals surface area contributed by atoms with Crippen LogP contribution in [-0.4, -0.2) is 21.8 Å². The third-order valence-electron chi connectivity index (χ3n) is 2.89. The fraction of sp³-hybridized carbons (Fsp3) is 0.312. The lowest BCUT2D eigenvalue weighted by atomic mass is 10.0. The summed E-state index contributed by atoms with van der Waals surface area (Å²) >= 11 is 1.32. The normalized spacial score (nSPS) is 11.3. The molecule has 22 heavy (non-hydrogen) atoms. The van der Waals surface area contributed by atoms with Gasteiger partial charge in [-0.1, -0.05) is 36.1 Å². The summed E-state index contributed by atoms with van der Waals surface area (Å²) in [5, 5.41) is 9.03. The third kappa shape index (κ3) is 3.71. The lowest BCUT2D eigenvalue weighted by Crippen LogP contribution is -2.24. The highest BCUT2D eigenvalue weighted by atomic mass is 32.1. The Labute approximate surface area is 133 Å². The summed E-state index contributed by atoms with van der Waals surface area (Å²) < 4.78 is 5.34. The van der Waals surface area contributed by atoms with Gasteiger partial charge in [-0.25, -0.2) is 4.79 Å². The van der Waals surface area contributed by atoms with Gasteiger partial charge < -0.3 is 10.5 Å². The number of rotatable bonds is 3. The lowest BCUT2D eigenvalue weighted by molar-refractivity contribution is -0.147. The second kappa shape index (κ2) is 5.88. The fourth-order valence-corrected chi connectivity index (χ4v) is 2.59. The monoisotopic (exact) mass is 317 g/mol. The molecule has 1 heterocycles. The summed E-state index contributed by atoms with van der Waals surface area (Å²) in [7, 11) is 0. The topological polar surface area (TPSA) is 78.1 Å². The first-order chi connectivity index (χ1) is 10.2. The number of aromatic nitrogens is 2. The van der Waals surface area contributed by atoms with Crippen LogP contribution in [0.5, 0.6) is 0 Å². The predicted octanol–water partition coefficient (Wildman–Crippen LogP) is 3.45. The van der Waals surface area contributed by atoms with Crippen LogP contribution in [0.1, 0.15) is 31.9 Å². The maximum absolute atomic E-state index is 12.1. The highest BCUT2D eigenvalue weighted by Crippen LogP contribution is 2.30. The summed E-state index contributed by atoms with van der Waals surface area (Å²) in [6.45, 7) is 11.3. The average Bonchev–Trinajstić information content (AvgIpc) is 2.82. The van der Waals surface area contributed by atoms with Crippen LogP contribution in [0.25, 0.3) is 16.1 Å². The van der Waals surface area contributed by atoms with Gasteiger partial charge in [-0.2, -0.15) is 0 Å². The Hall–Kier alpha value is -2.21.